The zero-order valence-corrected chi connectivity index (χ0v) is 10.5. The van der Waals surface area contributed by atoms with Crippen LogP contribution in [0.15, 0.2) is 42.5 Å². The third kappa shape index (κ3) is 2.84. The molecule has 94 valence electrons. The molecule has 0 fully saturated rings. The lowest BCUT2D eigenvalue weighted by Gasteiger charge is -2.09. The maximum absolute atomic E-state index is 11.0. The second-order valence-corrected chi connectivity index (χ2v) is 4.19. The number of para-hydroxylation sites is 1. The van der Waals surface area contributed by atoms with E-state index < -0.39 is 5.97 Å². The quantitative estimate of drug-likeness (QED) is 0.894. The molecule has 2 aromatic carbocycles. The summed E-state index contributed by atoms with van der Waals surface area (Å²) in [5, 5.41) is 21.1. The van der Waals surface area contributed by atoms with Gasteiger partial charge < -0.3 is 10.4 Å². The summed E-state index contributed by atoms with van der Waals surface area (Å²) in [6.07, 6.45) is 0. The molecule has 19 heavy (non-hydrogen) atoms. The molecule has 0 amide bonds. The number of hydrogen-bond donors (Lipinski definition) is 2. The van der Waals surface area contributed by atoms with Crippen LogP contribution in [-0.2, 0) is 0 Å². The van der Waals surface area contributed by atoms with Crippen molar-refractivity contribution < 1.29 is 9.90 Å². The number of halogens is 1. The smallest absolute Gasteiger partial charge is 0.337 e. The summed E-state index contributed by atoms with van der Waals surface area (Å²) in [6.45, 7) is 0. The fourth-order valence-electron chi connectivity index (χ4n) is 1.61. The first-order valence-corrected chi connectivity index (χ1v) is 5.78. The molecule has 0 aliphatic rings. The Bertz CT molecular complexity index is 677. The number of aromatic carboxylic acids is 1. The Morgan fingerprint density at radius 2 is 2.00 bits per heavy atom. The molecule has 2 rings (SSSR count). The van der Waals surface area contributed by atoms with Crippen LogP contribution in [0.1, 0.15) is 15.9 Å². The van der Waals surface area contributed by atoms with Crippen LogP contribution in [0.4, 0.5) is 11.4 Å². The summed E-state index contributed by atoms with van der Waals surface area (Å²) >= 11 is 5.79. The minimum Gasteiger partial charge on any atom is -0.478 e. The lowest BCUT2D eigenvalue weighted by atomic mass is 10.1. The van der Waals surface area contributed by atoms with Crippen molar-refractivity contribution >= 4 is 28.9 Å². The minimum atomic E-state index is -1.10. The topological polar surface area (TPSA) is 73.1 Å². The summed E-state index contributed by atoms with van der Waals surface area (Å²) in [5.74, 6) is -1.10. The molecular weight excluding hydrogens is 264 g/mol. The summed E-state index contributed by atoms with van der Waals surface area (Å²) in [6, 6.07) is 13.6. The number of benzene rings is 2. The molecule has 2 N–H and O–H groups in total. The molecule has 0 spiro atoms. The van der Waals surface area contributed by atoms with Gasteiger partial charge in [-0.2, -0.15) is 5.26 Å². The Labute approximate surface area is 114 Å². The lowest BCUT2D eigenvalue weighted by molar-refractivity contribution is 0.0697. The van der Waals surface area contributed by atoms with Crippen molar-refractivity contribution in [3.63, 3.8) is 0 Å². The van der Waals surface area contributed by atoms with Gasteiger partial charge >= 0.3 is 5.97 Å². The van der Waals surface area contributed by atoms with Crippen molar-refractivity contribution in [3.05, 3.63) is 58.6 Å². The lowest BCUT2D eigenvalue weighted by Crippen LogP contribution is -2.00. The maximum Gasteiger partial charge on any atom is 0.337 e. The number of rotatable bonds is 3. The number of anilines is 2. The van der Waals surface area contributed by atoms with Crippen LogP contribution in [0.25, 0.3) is 0 Å². The SMILES string of the molecule is N#Cc1ccccc1Nc1ccc(Cl)c(C(=O)O)c1. The fraction of sp³-hybridized carbons (Fsp3) is 0. The average molecular weight is 273 g/mol. The minimum absolute atomic E-state index is 0.0149. The number of nitriles is 1. The molecule has 0 radical (unpaired) electrons. The molecule has 5 heteroatoms. The molecule has 0 aliphatic heterocycles. The van der Waals surface area contributed by atoms with Gasteiger partial charge in [0.15, 0.2) is 0 Å². The van der Waals surface area contributed by atoms with Gasteiger partial charge in [0.2, 0.25) is 0 Å². The second-order valence-electron chi connectivity index (χ2n) is 3.78. The molecule has 0 bridgehead atoms. The summed E-state index contributed by atoms with van der Waals surface area (Å²) < 4.78 is 0. The summed E-state index contributed by atoms with van der Waals surface area (Å²) in [4.78, 5) is 11.0. The van der Waals surface area contributed by atoms with Gasteiger partial charge in [-0.1, -0.05) is 23.7 Å². The standard InChI is InChI=1S/C14H9ClN2O2/c15-12-6-5-10(7-11(12)14(18)19)17-13-4-2-1-3-9(13)8-16/h1-7,17H,(H,18,19). The van der Waals surface area contributed by atoms with Crippen molar-refractivity contribution in [2.24, 2.45) is 0 Å². The van der Waals surface area contributed by atoms with Crippen molar-refractivity contribution in [1.82, 2.24) is 0 Å². The monoisotopic (exact) mass is 272 g/mol. The van der Waals surface area contributed by atoms with E-state index in [1.807, 2.05) is 0 Å². The summed E-state index contributed by atoms with van der Waals surface area (Å²) in [7, 11) is 0. The van der Waals surface area contributed by atoms with Gasteiger partial charge in [0.05, 0.1) is 21.8 Å². The van der Waals surface area contributed by atoms with Crippen LogP contribution in [-0.4, -0.2) is 11.1 Å². The predicted octanol–water partition coefficient (Wildman–Crippen LogP) is 3.65. The maximum atomic E-state index is 11.0. The van der Waals surface area contributed by atoms with Crippen LogP contribution in [0.2, 0.25) is 5.02 Å². The van der Waals surface area contributed by atoms with Gasteiger partial charge in [-0.3, -0.25) is 0 Å². The first kappa shape index (κ1) is 12.9. The molecule has 0 saturated heterocycles. The highest BCUT2D eigenvalue weighted by Gasteiger charge is 2.10. The fourth-order valence-corrected chi connectivity index (χ4v) is 1.81. The van der Waals surface area contributed by atoms with Crippen LogP contribution in [0.3, 0.4) is 0 Å². The van der Waals surface area contributed by atoms with Gasteiger partial charge in [0.25, 0.3) is 0 Å². The van der Waals surface area contributed by atoms with Crippen molar-refractivity contribution in [3.8, 4) is 6.07 Å². The molecule has 2 aromatic rings. The van der Waals surface area contributed by atoms with E-state index in [2.05, 4.69) is 11.4 Å². The third-order valence-corrected chi connectivity index (χ3v) is 2.85. The normalized spacial score (nSPS) is 9.68. The number of nitrogens with zero attached hydrogens (tertiary/aromatic N) is 1. The highest BCUT2D eigenvalue weighted by molar-refractivity contribution is 6.33. The predicted molar refractivity (Wildman–Crippen MR) is 72.9 cm³/mol. The molecule has 4 nitrogen and oxygen atoms in total. The van der Waals surface area contributed by atoms with Gasteiger partial charge in [-0.05, 0) is 30.3 Å². The third-order valence-electron chi connectivity index (χ3n) is 2.52. The van der Waals surface area contributed by atoms with E-state index in [0.717, 1.165) is 0 Å². The second kappa shape index (κ2) is 5.42. The Hall–Kier alpha value is -2.51. The summed E-state index contributed by atoms with van der Waals surface area (Å²) in [5.41, 5.74) is 1.67. The molecule has 0 aliphatic carbocycles. The van der Waals surface area contributed by atoms with E-state index in [9.17, 15) is 4.79 Å². The van der Waals surface area contributed by atoms with Gasteiger partial charge in [0.1, 0.15) is 6.07 Å². The molecule has 0 atom stereocenters. The first-order valence-electron chi connectivity index (χ1n) is 5.41. The van der Waals surface area contributed by atoms with Crippen LogP contribution in [0, 0.1) is 11.3 Å². The Morgan fingerprint density at radius 1 is 1.26 bits per heavy atom. The van der Waals surface area contributed by atoms with Gasteiger partial charge in [0, 0.05) is 5.69 Å². The molecular formula is C14H9ClN2O2. The largest absolute Gasteiger partial charge is 0.478 e. The van der Waals surface area contributed by atoms with E-state index in [1.165, 1.54) is 12.1 Å². The van der Waals surface area contributed by atoms with Crippen LogP contribution in [0.5, 0.6) is 0 Å². The van der Waals surface area contributed by atoms with Crippen molar-refractivity contribution in [2.45, 2.75) is 0 Å². The highest BCUT2D eigenvalue weighted by atomic mass is 35.5. The Balaban J connectivity index is 2.37. The zero-order chi connectivity index (χ0) is 13.8. The zero-order valence-electron chi connectivity index (χ0n) is 9.72. The van der Waals surface area contributed by atoms with Crippen LogP contribution >= 0.6 is 11.6 Å². The van der Waals surface area contributed by atoms with E-state index in [4.69, 9.17) is 22.0 Å². The Morgan fingerprint density at radius 3 is 2.68 bits per heavy atom. The van der Waals surface area contributed by atoms with Crippen LogP contribution < -0.4 is 5.32 Å². The number of hydrogen-bond acceptors (Lipinski definition) is 3. The van der Waals surface area contributed by atoms with E-state index in [0.29, 0.717) is 16.9 Å². The number of nitrogens with one attached hydrogen (secondary N) is 1. The van der Waals surface area contributed by atoms with E-state index in [-0.39, 0.29) is 10.6 Å². The number of carbonyl (C=O) groups is 1. The van der Waals surface area contributed by atoms with E-state index >= 15 is 0 Å². The number of carboxylic acid groups (broad SMARTS) is 1. The molecule has 0 aromatic heterocycles. The van der Waals surface area contributed by atoms with Gasteiger partial charge in [-0.15, -0.1) is 0 Å². The Kier molecular flexibility index (Phi) is 3.69. The van der Waals surface area contributed by atoms with E-state index in [1.54, 1.807) is 30.3 Å². The number of carboxylic acids is 1. The first-order chi connectivity index (χ1) is 9.11. The molecule has 0 heterocycles. The van der Waals surface area contributed by atoms with Gasteiger partial charge in [-0.25, -0.2) is 4.79 Å². The molecule has 0 saturated carbocycles. The van der Waals surface area contributed by atoms with Crippen molar-refractivity contribution in [2.75, 3.05) is 5.32 Å². The molecule has 0 unspecified atom stereocenters. The van der Waals surface area contributed by atoms with Crippen molar-refractivity contribution in [1.29, 1.82) is 5.26 Å². The average Bonchev–Trinajstić information content (AvgIpc) is 2.41. The highest BCUT2D eigenvalue weighted by Crippen LogP contribution is 2.24.